The van der Waals surface area contributed by atoms with Crippen molar-refractivity contribution >= 4 is 13.6 Å². The summed E-state index contributed by atoms with van der Waals surface area (Å²) in [5.41, 5.74) is 0. The topological polar surface area (TPSA) is 115 Å². The van der Waals surface area contributed by atoms with Crippen molar-refractivity contribution in [1.82, 2.24) is 0 Å². The number of carbonyl (C=O) groups is 1. The molecule has 0 amide bonds. The second-order valence-corrected chi connectivity index (χ2v) is 8.98. The molecule has 0 radical (unpaired) electrons. The summed E-state index contributed by atoms with van der Waals surface area (Å²) in [5.74, 6) is -0.743. The Morgan fingerprint density at radius 2 is 1.20 bits per heavy atom. The molecule has 7 heteroatoms. The zero-order chi connectivity index (χ0) is 19.2. The van der Waals surface area contributed by atoms with Gasteiger partial charge in [-0.15, -0.1) is 0 Å². The first kappa shape index (κ1) is 24.6. The number of rotatable bonds is 17. The predicted molar refractivity (Wildman–Crippen MR) is 99.6 cm³/mol. The highest BCUT2D eigenvalue weighted by atomic mass is 31.2. The van der Waals surface area contributed by atoms with E-state index >= 15 is 0 Å². The fourth-order valence-electron chi connectivity index (χ4n) is 3.00. The summed E-state index contributed by atoms with van der Waals surface area (Å²) in [4.78, 5) is 29.3. The molecule has 6 nitrogen and oxygen atoms in total. The quantitative estimate of drug-likeness (QED) is 0.213. The minimum atomic E-state index is -4.51. The van der Waals surface area contributed by atoms with Gasteiger partial charge in [0.05, 0.1) is 0 Å². The molecule has 0 aliphatic carbocycles. The highest BCUT2D eigenvalue weighted by Crippen LogP contribution is 2.54. The molecule has 0 aromatic carbocycles. The minimum Gasteiger partial charge on any atom is -0.481 e. The first-order valence-corrected chi connectivity index (χ1v) is 11.3. The number of unbranched alkanes of at least 4 members (excludes halogenated alkanes) is 10. The molecule has 150 valence electrons. The van der Waals surface area contributed by atoms with E-state index in [0.29, 0.717) is 12.8 Å². The maximum atomic E-state index is 11.6. The van der Waals surface area contributed by atoms with Crippen LogP contribution in [0.4, 0.5) is 0 Å². The first-order valence-electron chi connectivity index (χ1n) is 9.73. The summed E-state index contributed by atoms with van der Waals surface area (Å²) in [5, 5.41) is 17.1. The molecular weight excluding hydrogens is 343 g/mol. The smallest absolute Gasteiger partial charge is 0.356 e. The first-order chi connectivity index (χ1) is 11.7. The van der Waals surface area contributed by atoms with Crippen LogP contribution in [0.1, 0.15) is 103 Å². The fraction of sp³-hybridized carbons (Fsp3) is 0.944. The van der Waals surface area contributed by atoms with Crippen molar-refractivity contribution in [3.05, 3.63) is 0 Å². The molecule has 1 atom stereocenters. The maximum absolute atomic E-state index is 11.6. The Kier molecular flexibility index (Phi) is 13.5. The van der Waals surface area contributed by atoms with E-state index < -0.39 is 18.9 Å². The van der Waals surface area contributed by atoms with E-state index in [1.807, 2.05) is 0 Å². The van der Waals surface area contributed by atoms with Gasteiger partial charge in [0.1, 0.15) is 0 Å². The molecule has 1 unspecified atom stereocenters. The van der Waals surface area contributed by atoms with E-state index in [2.05, 4.69) is 6.92 Å². The van der Waals surface area contributed by atoms with Crippen molar-refractivity contribution < 1.29 is 29.4 Å². The molecule has 0 aliphatic rings. The van der Waals surface area contributed by atoms with Crippen molar-refractivity contribution in [2.75, 3.05) is 0 Å². The molecular formula is C18H37O6P. The molecule has 0 aliphatic heterocycles. The van der Waals surface area contributed by atoms with Gasteiger partial charge in [0.15, 0.2) is 5.34 Å². The molecule has 0 heterocycles. The van der Waals surface area contributed by atoms with Crippen LogP contribution in [-0.2, 0) is 9.36 Å². The Morgan fingerprint density at radius 1 is 0.800 bits per heavy atom. The van der Waals surface area contributed by atoms with Crippen LogP contribution in [0.3, 0.4) is 0 Å². The zero-order valence-corrected chi connectivity index (χ0v) is 16.6. The lowest BCUT2D eigenvalue weighted by Crippen LogP contribution is -2.28. The second kappa shape index (κ2) is 13.7. The molecule has 0 spiro atoms. The maximum Gasteiger partial charge on any atom is 0.356 e. The molecule has 0 fully saturated rings. The summed E-state index contributed by atoms with van der Waals surface area (Å²) in [6.07, 6.45) is 11.4. The predicted octanol–water partition coefficient (Wildman–Crippen LogP) is 4.81. The second-order valence-electron chi connectivity index (χ2n) is 7.06. The van der Waals surface area contributed by atoms with Gasteiger partial charge in [-0.05, 0) is 32.1 Å². The highest BCUT2D eigenvalue weighted by Gasteiger charge is 2.43. The number of aliphatic hydroxyl groups is 1. The lowest BCUT2D eigenvalue weighted by atomic mass is 10.0. The molecule has 0 aromatic rings. The Labute approximate surface area is 152 Å². The van der Waals surface area contributed by atoms with Crippen LogP contribution in [0.5, 0.6) is 0 Å². The summed E-state index contributed by atoms with van der Waals surface area (Å²) >= 11 is 0. The van der Waals surface area contributed by atoms with Crippen molar-refractivity contribution in [3.8, 4) is 0 Å². The lowest BCUT2D eigenvalue weighted by Gasteiger charge is -2.29. The van der Waals surface area contributed by atoms with Gasteiger partial charge < -0.3 is 20.0 Å². The van der Waals surface area contributed by atoms with Gasteiger partial charge in [-0.25, -0.2) is 0 Å². The summed E-state index contributed by atoms with van der Waals surface area (Å²) in [6, 6.07) is 0. The van der Waals surface area contributed by atoms with Crippen LogP contribution in [0.25, 0.3) is 0 Å². The number of carboxylic acids is 1. The van der Waals surface area contributed by atoms with Crippen LogP contribution in [0.15, 0.2) is 0 Å². The Morgan fingerprint density at radius 3 is 1.60 bits per heavy atom. The molecule has 0 bridgehead atoms. The van der Waals surface area contributed by atoms with Crippen LogP contribution < -0.4 is 0 Å². The molecule has 0 rings (SSSR count). The monoisotopic (exact) mass is 380 g/mol. The summed E-state index contributed by atoms with van der Waals surface area (Å²) in [6.45, 7) is 2.07. The zero-order valence-electron chi connectivity index (χ0n) is 15.7. The van der Waals surface area contributed by atoms with Crippen molar-refractivity contribution in [1.29, 1.82) is 0 Å². The molecule has 0 saturated carbocycles. The van der Waals surface area contributed by atoms with Gasteiger partial charge in [0.25, 0.3) is 0 Å². The van der Waals surface area contributed by atoms with E-state index in [0.717, 1.165) is 64.2 Å². The number of carboxylic acid groups (broad SMARTS) is 1. The van der Waals surface area contributed by atoms with E-state index in [1.54, 1.807) is 0 Å². The van der Waals surface area contributed by atoms with Crippen molar-refractivity contribution in [2.24, 2.45) is 0 Å². The Bertz CT molecular complexity index is 395. The molecule has 0 saturated heterocycles. The normalized spacial score (nSPS) is 14.4. The van der Waals surface area contributed by atoms with E-state index in [9.17, 15) is 24.3 Å². The third-order valence-corrected chi connectivity index (χ3v) is 6.22. The van der Waals surface area contributed by atoms with Gasteiger partial charge in [-0.3, -0.25) is 9.36 Å². The van der Waals surface area contributed by atoms with Crippen LogP contribution in [0, 0.1) is 0 Å². The van der Waals surface area contributed by atoms with Crippen LogP contribution >= 0.6 is 7.60 Å². The van der Waals surface area contributed by atoms with Gasteiger partial charge in [-0.1, -0.05) is 64.7 Å². The third kappa shape index (κ3) is 12.6. The van der Waals surface area contributed by atoms with Crippen molar-refractivity contribution in [3.63, 3.8) is 0 Å². The van der Waals surface area contributed by atoms with Crippen LogP contribution in [-0.4, -0.2) is 31.3 Å². The standard InChI is InChI=1S/C18H37O6P/c1-2-3-4-12-15-18(21,25(22,23)24)16-13-10-8-6-5-7-9-11-14-17(19)20/h21H,2-16H2,1H3,(H,19,20)(H2,22,23,24). The number of hydrogen-bond donors (Lipinski definition) is 4. The van der Waals surface area contributed by atoms with E-state index in [4.69, 9.17) is 5.11 Å². The third-order valence-electron chi connectivity index (χ3n) is 4.69. The van der Waals surface area contributed by atoms with E-state index in [1.165, 1.54) is 0 Å². The van der Waals surface area contributed by atoms with Gasteiger partial charge in [0, 0.05) is 6.42 Å². The Hall–Kier alpha value is -0.420. The van der Waals surface area contributed by atoms with Crippen molar-refractivity contribution in [2.45, 2.75) is 109 Å². The minimum absolute atomic E-state index is 0.155. The SMILES string of the molecule is CCCCCCC(O)(CCCCCCCCCCC(=O)O)P(=O)(O)O. The number of hydrogen-bond acceptors (Lipinski definition) is 3. The number of aliphatic carboxylic acids is 1. The summed E-state index contributed by atoms with van der Waals surface area (Å²) < 4.78 is 11.6. The average Bonchev–Trinajstić information content (AvgIpc) is 2.52. The van der Waals surface area contributed by atoms with Crippen LogP contribution in [0.2, 0.25) is 0 Å². The van der Waals surface area contributed by atoms with Gasteiger partial charge in [0.2, 0.25) is 0 Å². The highest BCUT2D eigenvalue weighted by molar-refractivity contribution is 7.53. The molecule has 4 N–H and O–H groups in total. The largest absolute Gasteiger partial charge is 0.481 e. The van der Waals surface area contributed by atoms with Gasteiger partial charge >= 0.3 is 13.6 Å². The molecule has 0 aromatic heterocycles. The molecule has 25 heavy (non-hydrogen) atoms. The lowest BCUT2D eigenvalue weighted by molar-refractivity contribution is -0.137. The summed E-state index contributed by atoms with van der Waals surface area (Å²) in [7, 11) is -4.51. The fourth-order valence-corrected chi connectivity index (χ4v) is 3.89. The van der Waals surface area contributed by atoms with Gasteiger partial charge in [-0.2, -0.15) is 0 Å². The Balaban J connectivity index is 3.85. The van der Waals surface area contributed by atoms with E-state index in [-0.39, 0.29) is 19.3 Å². The average molecular weight is 380 g/mol.